The predicted molar refractivity (Wildman–Crippen MR) is 126 cm³/mol. The van der Waals surface area contributed by atoms with Gasteiger partial charge in [-0.05, 0) is 72.4 Å². The van der Waals surface area contributed by atoms with Crippen LogP contribution in [-0.2, 0) is 4.74 Å². The van der Waals surface area contributed by atoms with Crippen LogP contribution in [-0.4, -0.2) is 28.7 Å². The van der Waals surface area contributed by atoms with Gasteiger partial charge in [-0.3, -0.25) is 15.6 Å². The monoisotopic (exact) mass is 443 g/mol. The van der Waals surface area contributed by atoms with Gasteiger partial charge < -0.3 is 15.2 Å². The third kappa shape index (κ3) is 6.42. The molecule has 0 heterocycles. The first kappa shape index (κ1) is 24.1. The lowest BCUT2D eigenvalue weighted by Crippen LogP contribution is -2.43. The zero-order valence-corrected chi connectivity index (χ0v) is 19.2. The number of amides is 1. The van der Waals surface area contributed by atoms with Crippen molar-refractivity contribution in [2.75, 3.05) is 11.9 Å². The summed E-state index contributed by atoms with van der Waals surface area (Å²) in [6.07, 6.45) is 0. The number of nitrogens with one attached hydrogen (secondary N) is 3. The van der Waals surface area contributed by atoms with Crippen molar-refractivity contribution in [3.05, 3.63) is 58.7 Å². The highest BCUT2D eigenvalue weighted by atomic mass is 32.1. The fraction of sp³-hybridized carbons (Fsp3) is 0.348. The van der Waals surface area contributed by atoms with Crippen molar-refractivity contribution < 1.29 is 19.4 Å². The van der Waals surface area contributed by atoms with E-state index in [1.54, 1.807) is 37.3 Å². The van der Waals surface area contributed by atoms with Crippen LogP contribution in [0, 0.1) is 0 Å². The molecule has 0 spiro atoms. The Hall–Kier alpha value is -3.13. The van der Waals surface area contributed by atoms with Crippen LogP contribution in [0.15, 0.2) is 36.4 Å². The van der Waals surface area contributed by atoms with Crippen molar-refractivity contribution in [2.45, 2.75) is 46.5 Å². The van der Waals surface area contributed by atoms with E-state index in [1.807, 2.05) is 33.8 Å². The molecule has 0 saturated heterocycles. The lowest BCUT2D eigenvalue weighted by molar-refractivity contribution is 0.0526. The first-order valence-corrected chi connectivity index (χ1v) is 10.6. The molecule has 0 bridgehead atoms. The molecular formula is C23H29N3O4S. The second kappa shape index (κ2) is 10.8. The summed E-state index contributed by atoms with van der Waals surface area (Å²) < 4.78 is 4.95. The zero-order chi connectivity index (χ0) is 23.1. The molecule has 31 heavy (non-hydrogen) atoms. The second-order valence-corrected chi connectivity index (χ2v) is 8.06. The number of phenolic OH excluding ortho intramolecular Hbond substituents is 1. The first-order chi connectivity index (χ1) is 14.6. The molecule has 0 radical (unpaired) electrons. The number of esters is 1. The van der Waals surface area contributed by atoms with Crippen LogP contribution in [0.4, 0.5) is 5.69 Å². The lowest BCUT2D eigenvalue weighted by Gasteiger charge is -2.17. The van der Waals surface area contributed by atoms with Gasteiger partial charge in [-0.2, -0.15) is 0 Å². The number of hydrogen-bond acceptors (Lipinski definition) is 5. The second-order valence-electron chi connectivity index (χ2n) is 7.65. The van der Waals surface area contributed by atoms with Gasteiger partial charge >= 0.3 is 5.97 Å². The Labute approximate surface area is 188 Å². The highest BCUT2D eigenvalue weighted by molar-refractivity contribution is 7.80. The molecule has 0 aliphatic carbocycles. The first-order valence-electron chi connectivity index (χ1n) is 10.1. The molecule has 0 saturated carbocycles. The minimum atomic E-state index is -0.497. The number of hydrogen-bond donors (Lipinski definition) is 4. The van der Waals surface area contributed by atoms with Gasteiger partial charge in [0, 0.05) is 5.69 Å². The summed E-state index contributed by atoms with van der Waals surface area (Å²) in [6, 6.07) is 10.2. The van der Waals surface area contributed by atoms with Gasteiger partial charge in [0.2, 0.25) is 0 Å². The van der Waals surface area contributed by atoms with Crippen LogP contribution in [0.1, 0.15) is 78.3 Å². The Morgan fingerprint density at radius 2 is 1.68 bits per heavy atom. The Morgan fingerprint density at radius 3 is 2.23 bits per heavy atom. The maximum atomic E-state index is 12.7. The SMILES string of the molecule is CCOC(=O)c1ccc(NC(=S)NNC(=O)c2cc(C(C)C)cc(C(C)C)c2O)cc1. The zero-order valence-electron chi connectivity index (χ0n) is 18.4. The Kier molecular flexibility index (Phi) is 8.38. The maximum absolute atomic E-state index is 12.7. The van der Waals surface area contributed by atoms with Gasteiger partial charge in [0.05, 0.1) is 17.7 Å². The van der Waals surface area contributed by atoms with E-state index in [2.05, 4.69) is 16.2 Å². The van der Waals surface area contributed by atoms with Gasteiger partial charge in [-0.25, -0.2) is 4.79 Å². The molecule has 7 nitrogen and oxygen atoms in total. The largest absolute Gasteiger partial charge is 0.507 e. The van der Waals surface area contributed by atoms with Crippen molar-refractivity contribution in [3.63, 3.8) is 0 Å². The van der Waals surface area contributed by atoms with Crippen molar-refractivity contribution >= 4 is 34.9 Å². The summed E-state index contributed by atoms with van der Waals surface area (Å²) >= 11 is 5.21. The number of hydrazine groups is 1. The average Bonchev–Trinajstić information content (AvgIpc) is 2.72. The molecule has 2 rings (SSSR count). The van der Waals surface area contributed by atoms with Gasteiger partial charge in [0.25, 0.3) is 5.91 Å². The summed E-state index contributed by atoms with van der Waals surface area (Å²) in [5, 5.41) is 13.6. The van der Waals surface area contributed by atoms with Crippen molar-refractivity contribution in [1.29, 1.82) is 0 Å². The minimum Gasteiger partial charge on any atom is -0.507 e. The molecule has 0 unspecified atom stereocenters. The van der Waals surface area contributed by atoms with Gasteiger partial charge in [0.1, 0.15) is 5.75 Å². The molecule has 0 fully saturated rings. The molecule has 4 N–H and O–H groups in total. The quantitative estimate of drug-likeness (QED) is 0.297. The summed E-state index contributed by atoms with van der Waals surface area (Å²) in [6.45, 7) is 10.0. The number of benzene rings is 2. The molecule has 2 aromatic rings. The molecule has 0 aliphatic heterocycles. The van der Waals surface area contributed by atoms with Gasteiger partial charge in [-0.15, -0.1) is 0 Å². The van der Waals surface area contributed by atoms with E-state index in [0.717, 1.165) is 11.1 Å². The molecule has 0 aliphatic rings. The molecule has 8 heteroatoms. The van der Waals surface area contributed by atoms with E-state index in [-0.39, 0.29) is 28.3 Å². The number of anilines is 1. The number of carbonyl (C=O) groups is 2. The van der Waals surface area contributed by atoms with Crippen LogP contribution in [0.5, 0.6) is 5.75 Å². The Balaban J connectivity index is 2.04. The predicted octanol–water partition coefficient (Wildman–Crippen LogP) is 4.45. The molecule has 0 aromatic heterocycles. The summed E-state index contributed by atoms with van der Waals surface area (Å²) in [4.78, 5) is 24.4. The molecular weight excluding hydrogens is 414 g/mol. The van der Waals surface area contributed by atoms with Gasteiger partial charge in [0.15, 0.2) is 5.11 Å². The normalized spacial score (nSPS) is 10.7. The van der Waals surface area contributed by atoms with Crippen molar-refractivity contribution in [3.8, 4) is 5.75 Å². The Morgan fingerprint density at radius 1 is 1.03 bits per heavy atom. The number of ether oxygens (including phenoxy) is 1. The van der Waals surface area contributed by atoms with E-state index >= 15 is 0 Å². The molecule has 0 atom stereocenters. The third-order valence-corrected chi connectivity index (χ3v) is 4.84. The van der Waals surface area contributed by atoms with E-state index in [4.69, 9.17) is 17.0 Å². The minimum absolute atomic E-state index is 0.0351. The Bertz CT molecular complexity index is 956. The molecule has 2 aromatic carbocycles. The number of carbonyl (C=O) groups excluding carboxylic acids is 2. The van der Waals surface area contributed by atoms with Crippen LogP contribution in [0.2, 0.25) is 0 Å². The van der Waals surface area contributed by atoms with E-state index < -0.39 is 11.9 Å². The van der Waals surface area contributed by atoms with E-state index in [1.165, 1.54) is 0 Å². The molecule has 166 valence electrons. The number of rotatable bonds is 6. The lowest BCUT2D eigenvalue weighted by atomic mass is 9.92. The smallest absolute Gasteiger partial charge is 0.338 e. The third-order valence-electron chi connectivity index (χ3n) is 4.64. The van der Waals surface area contributed by atoms with Crippen LogP contribution >= 0.6 is 12.2 Å². The van der Waals surface area contributed by atoms with Crippen molar-refractivity contribution in [2.24, 2.45) is 0 Å². The average molecular weight is 444 g/mol. The fourth-order valence-corrected chi connectivity index (χ4v) is 3.04. The standard InChI is InChI=1S/C23H29N3O4S/c1-6-30-22(29)15-7-9-17(10-8-15)24-23(31)26-25-21(28)19-12-16(13(2)3)11-18(14(4)5)20(19)27/h7-14,27H,6H2,1-5H3,(H,25,28)(H2,24,26,31). The summed E-state index contributed by atoms with van der Waals surface area (Å²) in [5.74, 6) is -0.654. The fourth-order valence-electron chi connectivity index (χ4n) is 2.87. The summed E-state index contributed by atoms with van der Waals surface area (Å²) in [7, 11) is 0. The number of aromatic hydroxyl groups is 1. The highest BCUT2D eigenvalue weighted by Crippen LogP contribution is 2.32. The highest BCUT2D eigenvalue weighted by Gasteiger charge is 2.19. The van der Waals surface area contributed by atoms with E-state index in [9.17, 15) is 14.7 Å². The van der Waals surface area contributed by atoms with Crippen LogP contribution in [0.3, 0.4) is 0 Å². The van der Waals surface area contributed by atoms with Crippen molar-refractivity contribution in [1.82, 2.24) is 10.9 Å². The van der Waals surface area contributed by atoms with Crippen LogP contribution < -0.4 is 16.2 Å². The van der Waals surface area contributed by atoms with Crippen LogP contribution in [0.25, 0.3) is 0 Å². The summed E-state index contributed by atoms with van der Waals surface area (Å²) in [5.41, 5.74) is 8.08. The van der Waals surface area contributed by atoms with E-state index in [0.29, 0.717) is 17.9 Å². The number of thiocarbonyl (C=S) groups is 1. The topological polar surface area (TPSA) is 99.7 Å². The maximum Gasteiger partial charge on any atom is 0.338 e. The number of phenols is 1. The van der Waals surface area contributed by atoms with Gasteiger partial charge in [-0.1, -0.05) is 33.8 Å². The molecule has 1 amide bonds.